The van der Waals surface area contributed by atoms with E-state index in [1.165, 1.54) is 18.2 Å². The van der Waals surface area contributed by atoms with Crippen molar-refractivity contribution < 1.29 is 22.7 Å². The minimum atomic E-state index is -4.85. The van der Waals surface area contributed by atoms with Crippen molar-refractivity contribution in [2.24, 2.45) is 0 Å². The molecule has 0 atom stereocenters. The normalized spacial score (nSPS) is 11.0. The van der Waals surface area contributed by atoms with Crippen molar-refractivity contribution in [3.63, 3.8) is 0 Å². The summed E-state index contributed by atoms with van der Waals surface area (Å²) >= 11 is 0. The highest BCUT2D eigenvalue weighted by molar-refractivity contribution is 5.90. The van der Waals surface area contributed by atoms with E-state index in [9.17, 15) is 18.0 Å². The first kappa shape index (κ1) is 20.0. The van der Waals surface area contributed by atoms with Crippen LogP contribution in [0.25, 0.3) is 5.82 Å². The number of aromatic nitrogens is 3. The van der Waals surface area contributed by atoms with E-state index in [1.807, 2.05) is 29.1 Å². The highest BCUT2D eigenvalue weighted by Gasteiger charge is 2.32. The molecule has 0 saturated heterocycles. The molecule has 2 aromatic heterocycles. The van der Waals surface area contributed by atoms with Gasteiger partial charge >= 0.3 is 12.4 Å². The van der Waals surface area contributed by atoms with Gasteiger partial charge < -0.3 is 25.3 Å². The molecule has 0 radical (unpaired) electrons. The van der Waals surface area contributed by atoms with Crippen LogP contribution in [-0.2, 0) is 0 Å². The van der Waals surface area contributed by atoms with Crippen LogP contribution in [0.4, 0.5) is 29.5 Å². The number of hydrogen-bond acceptors (Lipinski definition) is 5. The van der Waals surface area contributed by atoms with Crippen molar-refractivity contribution in [2.45, 2.75) is 6.36 Å². The molecule has 0 aliphatic carbocycles. The number of hydrogen-bond donors (Lipinski definition) is 3. The van der Waals surface area contributed by atoms with Crippen molar-refractivity contribution in [1.82, 2.24) is 20.1 Å². The van der Waals surface area contributed by atoms with Gasteiger partial charge in [-0.05, 0) is 36.4 Å². The van der Waals surface area contributed by atoms with Gasteiger partial charge in [-0.3, -0.25) is 0 Å². The van der Waals surface area contributed by atoms with E-state index < -0.39 is 18.1 Å². The number of rotatable bonds is 7. The summed E-state index contributed by atoms with van der Waals surface area (Å²) in [7, 11) is 0. The summed E-state index contributed by atoms with van der Waals surface area (Å²) in [6.45, 7) is 0.542. The topological polar surface area (TPSA) is 93.1 Å². The number of halogens is 3. The van der Waals surface area contributed by atoms with Crippen molar-refractivity contribution in [1.29, 1.82) is 0 Å². The predicted molar refractivity (Wildman–Crippen MR) is 100.0 cm³/mol. The molecule has 152 valence electrons. The number of benzene rings is 1. The van der Waals surface area contributed by atoms with E-state index in [1.54, 1.807) is 12.1 Å². The third kappa shape index (κ3) is 6.13. The summed E-state index contributed by atoms with van der Waals surface area (Å²) < 4.78 is 42.9. The number of para-hydroxylation sites is 2. The predicted octanol–water partition coefficient (Wildman–Crippen LogP) is 3.40. The number of ether oxygens (including phenoxy) is 1. The maximum atomic E-state index is 12.4. The van der Waals surface area contributed by atoms with Crippen LogP contribution in [-0.4, -0.2) is 40.2 Å². The average Bonchev–Trinajstić information content (AvgIpc) is 3.21. The highest BCUT2D eigenvalue weighted by Crippen LogP contribution is 2.29. The first-order chi connectivity index (χ1) is 13.9. The van der Waals surface area contributed by atoms with Crippen LogP contribution >= 0.6 is 0 Å². The molecule has 2 heterocycles. The van der Waals surface area contributed by atoms with Crippen LogP contribution in [0, 0.1) is 0 Å². The Morgan fingerprint density at radius 1 is 1.00 bits per heavy atom. The van der Waals surface area contributed by atoms with E-state index in [4.69, 9.17) is 0 Å². The number of alkyl halides is 3. The van der Waals surface area contributed by atoms with Crippen LogP contribution in [0.15, 0.2) is 60.9 Å². The van der Waals surface area contributed by atoms with Crippen LogP contribution in [0.2, 0.25) is 0 Å². The van der Waals surface area contributed by atoms with Crippen LogP contribution in [0.3, 0.4) is 0 Å². The second-order valence-electron chi connectivity index (χ2n) is 5.72. The van der Waals surface area contributed by atoms with E-state index >= 15 is 0 Å². The van der Waals surface area contributed by atoms with Gasteiger partial charge in [0, 0.05) is 25.5 Å². The van der Waals surface area contributed by atoms with Gasteiger partial charge in [0.05, 0.1) is 5.69 Å². The quantitative estimate of drug-likeness (QED) is 0.523. The number of carbonyl (C=O) groups is 1. The molecule has 0 saturated carbocycles. The standard InChI is InChI=1S/C18H17F3N6O2/c19-18(20,21)29-14-6-2-1-5-13(14)24-17(28)23-10-9-22-15-7-8-16(26-25-15)27-11-3-4-12-27/h1-8,11-12H,9-10H2,(H,22,25)(H2,23,24,28). The molecule has 0 bridgehead atoms. The molecular weight excluding hydrogens is 389 g/mol. The number of nitrogens with one attached hydrogen (secondary N) is 3. The zero-order valence-corrected chi connectivity index (χ0v) is 15.0. The smallest absolute Gasteiger partial charge is 0.404 e. The monoisotopic (exact) mass is 406 g/mol. The molecule has 3 rings (SSSR count). The zero-order valence-electron chi connectivity index (χ0n) is 15.0. The Balaban J connectivity index is 1.44. The number of anilines is 2. The lowest BCUT2D eigenvalue weighted by molar-refractivity contribution is -0.274. The lowest BCUT2D eigenvalue weighted by Crippen LogP contribution is -2.33. The Hall–Kier alpha value is -3.76. The molecule has 11 heteroatoms. The van der Waals surface area contributed by atoms with E-state index in [-0.39, 0.29) is 12.2 Å². The molecule has 29 heavy (non-hydrogen) atoms. The van der Waals surface area contributed by atoms with Gasteiger partial charge in [-0.1, -0.05) is 12.1 Å². The fourth-order valence-electron chi connectivity index (χ4n) is 2.36. The molecule has 2 amide bonds. The zero-order chi connectivity index (χ0) is 20.7. The number of carbonyl (C=O) groups excluding carboxylic acids is 1. The third-order valence-corrected chi connectivity index (χ3v) is 3.60. The fraction of sp³-hybridized carbons (Fsp3) is 0.167. The molecular formula is C18H17F3N6O2. The van der Waals surface area contributed by atoms with Gasteiger partial charge in [0.1, 0.15) is 5.82 Å². The van der Waals surface area contributed by atoms with Gasteiger partial charge in [0.2, 0.25) is 0 Å². The number of amides is 2. The summed E-state index contributed by atoms with van der Waals surface area (Å²) in [5.41, 5.74) is -0.0956. The fourth-order valence-corrected chi connectivity index (χ4v) is 2.36. The van der Waals surface area contributed by atoms with Gasteiger partial charge in [-0.15, -0.1) is 23.4 Å². The van der Waals surface area contributed by atoms with Crippen LogP contribution in [0.1, 0.15) is 0 Å². The molecule has 0 spiro atoms. The van der Waals surface area contributed by atoms with Gasteiger partial charge in [0.15, 0.2) is 11.6 Å². The number of nitrogens with zero attached hydrogens (tertiary/aromatic N) is 3. The molecule has 0 aliphatic heterocycles. The minimum Gasteiger partial charge on any atom is -0.404 e. The summed E-state index contributed by atoms with van der Waals surface area (Å²) in [5.74, 6) is 0.691. The molecule has 3 N–H and O–H groups in total. The molecule has 0 unspecified atom stereocenters. The van der Waals surface area contributed by atoms with Crippen LogP contribution in [0.5, 0.6) is 5.75 Å². The van der Waals surface area contributed by atoms with Crippen molar-refractivity contribution >= 4 is 17.5 Å². The van der Waals surface area contributed by atoms with Crippen molar-refractivity contribution in [3.8, 4) is 11.6 Å². The molecule has 0 fully saturated rings. The second kappa shape index (κ2) is 8.95. The molecule has 0 aliphatic rings. The molecule has 1 aromatic carbocycles. The van der Waals surface area contributed by atoms with Crippen molar-refractivity contribution in [3.05, 3.63) is 60.9 Å². The average molecular weight is 406 g/mol. The Morgan fingerprint density at radius 2 is 1.76 bits per heavy atom. The summed E-state index contributed by atoms with van der Waals surface area (Å²) in [6, 6.07) is 11.9. The molecule has 3 aromatic rings. The van der Waals surface area contributed by atoms with Gasteiger partial charge in [0.25, 0.3) is 0 Å². The van der Waals surface area contributed by atoms with Crippen LogP contribution < -0.4 is 20.7 Å². The highest BCUT2D eigenvalue weighted by atomic mass is 19.4. The lowest BCUT2D eigenvalue weighted by atomic mass is 10.3. The Bertz CT molecular complexity index is 930. The maximum absolute atomic E-state index is 12.4. The minimum absolute atomic E-state index is 0.0956. The largest absolute Gasteiger partial charge is 0.573 e. The van der Waals surface area contributed by atoms with Crippen molar-refractivity contribution in [2.75, 3.05) is 23.7 Å². The van der Waals surface area contributed by atoms with Gasteiger partial charge in [-0.2, -0.15) is 0 Å². The van der Waals surface area contributed by atoms with E-state index in [0.29, 0.717) is 18.2 Å². The summed E-state index contributed by atoms with van der Waals surface area (Å²) in [6.07, 6.45) is -1.16. The third-order valence-electron chi connectivity index (χ3n) is 3.60. The van der Waals surface area contributed by atoms with Gasteiger partial charge in [-0.25, -0.2) is 4.79 Å². The SMILES string of the molecule is O=C(NCCNc1ccc(-n2cccc2)nn1)Nc1ccccc1OC(F)(F)F. The van der Waals surface area contributed by atoms with E-state index in [2.05, 4.69) is 30.9 Å². The summed E-state index contributed by atoms with van der Waals surface area (Å²) in [5, 5.41) is 15.9. The number of urea groups is 1. The Labute approximate surface area is 163 Å². The Morgan fingerprint density at radius 3 is 2.45 bits per heavy atom. The second-order valence-corrected chi connectivity index (χ2v) is 5.72. The lowest BCUT2D eigenvalue weighted by Gasteiger charge is -2.14. The van der Waals surface area contributed by atoms with E-state index in [0.717, 1.165) is 6.07 Å². The maximum Gasteiger partial charge on any atom is 0.573 e. The first-order valence-electron chi connectivity index (χ1n) is 8.51. The Kier molecular flexibility index (Phi) is 6.17. The summed E-state index contributed by atoms with van der Waals surface area (Å²) in [4.78, 5) is 11.9. The molecule has 8 nitrogen and oxygen atoms in total. The first-order valence-corrected chi connectivity index (χ1v) is 8.51.